The van der Waals surface area contributed by atoms with E-state index in [9.17, 15) is 0 Å². The van der Waals surface area contributed by atoms with Crippen LogP contribution < -0.4 is 0 Å². The Bertz CT molecular complexity index is 437. The number of rotatable bonds is 1. The summed E-state index contributed by atoms with van der Waals surface area (Å²) in [6, 6.07) is 0. The van der Waals surface area contributed by atoms with Crippen LogP contribution in [0.2, 0.25) is 0 Å². The second-order valence-electron chi connectivity index (χ2n) is 2.51. The van der Waals surface area contributed by atoms with Gasteiger partial charge in [0.25, 0.3) is 0 Å². The van der Waals surface area contributed by atoms with Crippen molar-refractivity contribution in [3.05, 3.63) is 15.5 Å². The van der Waals surface area contributed by atoms with Crippen molar-refractivity contribution in [3.63, 3.8) is 0 Å². The predicted molar refractivity (Wildman–Crippen MR) is 52.6 cm³/mol. The molecule has 0 saturated heterocycles. The fourth-order valence-corrected chi connectivity index (χ4v) is 2.17. The fourth-order valence-electron chi connectivity index (χ4n) is 1.03. The quantitative estimate of drug-likeness (QED) is 0.790. The number of oxazole rings is 1. The summed E-state index contributed by atoms with van der Waals surface area (Å²) in [7, 11) is 0. The summed E-state index contributed by atoms with van der Waals surface area (Å²) in [6.07, 6.45) is 0. The molecule has 0 radical (unpaired) electrons. The molecule has 68 valence electrons. The van der Waals surface area contributed by atoms with Crippen LogP contribution in [0.15, 0.2) is 8.33 Å². The van der Waals surface area contributed by atoms with Crippen LogP contribution in [0.1, 0.15) is 11.6 Å². The second-order valence-corrected chi connectivity index (χ2v) is 4.76. The molecule has 0 unspecified atom stereocenters. The Labute approximate surface area is 87.1 Å². The van der Waals surface area contributed by atoms with Gasteiger partial charge in [0.1, 0.15) is 0 Å². The van der Waals surface area contributed by atoms with Crippen molar-refractivity contribution in [1.82, 2.24) is 15.2 Å². The summed E-state index contributed by atoms with van der Waals surface area (Å²) in [5.74, 6) is 1.36. The lowest BCUT2D eigenvalue weighted by atomic mass is 10.4. The maximum atomic E-state index is 5.39. The van der Waals surface area contributed by atoms with E-state index in [0.29, 0.717) is 11.7 Å². The van der Waals surface area contributed by atoms with E-state index in [4.69, 9.17) is 4.42 Å². The number of nitrogens with zero attached hydrogens (tertiary/aromatic N) is 3. The van der Waals surface area contributed by atoms with Crippen LogP contribution in [0.5, 0.6) is 0 Å². The minimum atomic E-state index is 0.652. The van der Waals surface area contributed by atoms with Crippen LogP contribution in [-0.2, 0) is 0 Å². The highest BCUT2D eigenvalue weighted by Crippen LogP contribution is 2.29. The first-order chi connectivity index (χ1) is 6.16. The topological polar surface area (TPSA) is 51.8 Å². The lowest BCUT2D eigenvalue weighted by Gasteiger charge is -1.86. The van der Waals surface area contributed by atoms with Crippen molar-refractivity contribution in [3.8, 4) is 10.8 Å². The smallest absolute Gasteiger partial charge is 0.192 e. The van der Waals surface area contributed by atoms with Gasteiger partial charge in [0.15, 0.2) is 20.6 Å². The molecule has 2 aromatic heterocycles. The van der Waals surface area contributed by atoms with Crippen molar-refractivity contribution < 1.29 is 4.42 Å². The first-order valence-electron chi connectivity index (χ1n) is 3.60. The highest BCUT2D eigenvalue weighted by atomic mass is 79.9. The minimum absolute atomic E-state index is 0.652. The largest absolute Gasteiger partial charge is 0.438 e. The van der Waals surface area contributed by atoms with Gasteiger partial charge >= 0.3 is 0 Å². The molecule has 0 aliphatic heterocycles. The summed E-state index contributed by atoms with van der Waals surface area (Å²) >= 11 is 4.67. The van der Waals surface area contributed by atoms with E-state index in [1.807, 2.05) is 13.8 Å². The van der Waals surface area contributed by atoms with Crippen molar-refractivity contribution in [2.75, 3.05) is 0 Å². The normalized spacial score (nSPS) is 10.7. The standard InChI is InChI=1S/C7H6BrN3OS/c1-3-5(12-4(2)9-3)6-10-11-7(8)13-6/h1-2H3. The van der Waals surface area contributed by atoms with Gasteiger partial charge in [-0.15, -0.1) is 10.2 Å². The van der Waals surface area contributed by atoms with E-state index in [-0.39, 0.29) is 0 Å². The molecule has 0 saturated carbocycles. The van der Waals surface area contributed by atoms with E-state index in [0.717, 1.165) is 14.6 Å². The molecule has 4 nitrogen and oxygen atoms in total. The lowest BCUT2D eigenvalue weighted by Crippen LogP contribution is -1.77. The van der Waals surface area contributed by atoms with Crippen LogP contribution in [0.3, 0.4) is 0 Å². The molecule has 0 aromatic carbocycles. The number of hydrogen-bond acceptors (Lipinski definition) is 5. The Kier molecular flexibility index (Phi) is 2.17. The number of halogens is 1. The maximum Gasteiger partial charge on any atom is 0.192 e. The van der Waals surface area contributed by atoms with Crippen molar-refractivity contribution in [2.24, 2.45) is 0 Å². The second kappa shape index (κ2) is 3.19. The fraction of sp³-hybridized carbons (Fsp3) is 0.286. The molecule has 0 amide bonds. The Morgan fingerprint density at radius 1 is 1.31 bits per heavy atom. The van der Waals surface area contributed by atoms with E-state index in [1.54, 1.807) is 0 Å². The Morgan fingerprint density at radius 2 is 2.08 bits per heavy atom. The zero-order valence-corrected chi connectivity index (χ0v) is 9.44. The summed E-state index contributed by atoms with van der Waals surface area (Å²) in [6.45, 7) is 3.70. The molecule has 2 rings (SSSR count). The average molecular weight is 260 g/mol. The van der Waals surface area contributed by atoms with Gasteiger partial charge in [-0.25, -0.2) is 4.98 Å². The van der Waals surface area contributed by atoms with Crippen molar-refractivity contribution in [2.45, 2.75) is 13.8 Å². The summed E-state index contributed by atoms with van der Waals surface area (Å²) in [4.78, 5) is 4.15. The molecular weight excluding hydrogens is 254 g/mol. The van der Waals surface area contributed by atoms with Crippen molar-refractivity contribution in [1.29, 1.82) is 0 Å². The van der Waals surface area contributed by atoms with Crippen LogP contribution >= 0.6 is 27.3 Å². The van der Waals surface area contributed by atoms with E-state index >= 15 is 0 Å². The molecule has 2 aromatic rings. The number of aryl methyl sites for hydroxylation is 2. The Morgan fingerprint density at radius 3 is 2.54 bits per heavy atom. The number of aromatic nitrogens is 3. The Balaban J connectivity index is 2.51. The zero-order valence-electron chi connectivity index (χ0n) is 7.04. The molecule has 0 N–H and O–H groups in total. The highest BCUT2D eigenvalue weighted by Gasteiger charge is 2.13. The van der Waals surface area contributed by atoms with E-state index in [1.165, 1.54) is 11.3 Å². The first-order valence-corrected chi connectivity index (χ1v) is 5.21. The maximum absolute atomic E-state index is 5.39. The van der Waals surface area contributed by atoms with Crippen LogP contribution in [0.25, 0.3) is 10.8 Å². The molecule has 0 bridgehead atoms. The molecule has 6 heteroatoms. The summed E-state index contributed by atoms with van der Waals surface area (Å²) in [5, 5.41) is 8.54. The van der Waals surface area contributed by atoms with Gasteiger partial charge in [-0.1, -0.05) is 11.3 Å². The molecule has 0 fully saturated rings. The molecule has 13 heavy (non-hydrogen) atoms. The third kappa shape index (κ3) is 1.64. The van der Waals surface area contributed by atoms with Gasteiger partial charge in [0, 0.05) is 6.92 Å². The molecule has 0 aliphatic carbocycles. The molecule has 2 heterocycles. The third-order valence-corrected chi connectivity index (χ3v) is 2.85. The van der Waals surface area contributed by atoms with Gasteiger partial charge in [0.2, 0.25) is 0 Å². The first kappa shape index (κ1) is 8.83. The monoisotopic (exact) mass is 259 g/mol. The Hall–Kier alpha value is -0.750. The van der Waals surface area contributed by atoms with Gasteiger partial charge < -0.3 is 4.42 Å². The lowest BCUT2D eigenvalue weighted by molar-refractivity contribution is 0.533. The zero-order chi connectivity index (χ0) is 9.42. The predicted octanol–water partition coefficient (Wildman–Crippen LogP) is 2.57. The third-order valence-electron chi connectivity index (χ3n) is 1.50. The summed E-state index contributed by atoms with van der Waals surface area (Å²) < 4.78 is 6.14. The average Bonchev–Trinajstić information content (AvgIpc) is 2.58. The molecule has 0 atom stereocenters. The SMILES string of the molecule is Cc1nc(C)c(-c2nnc(Br)s2)o1. The molecular formula is C7H6BrN3OS. The summed E-state index contributed by atoms with van der Waals surface area (Å²) in [5.41, 5.74) is 0.848. The molecule has 0 spiro atoms. The highest BCUT2D eigenvalue weighted by molar-refractivity contribution is 9.11. The van der Waals surface area contributed by atoms with E-state index < -0.39 is 0 Å². The van der Waals surface area contributed by atoms with Crippen LogP contribution in [0, 0.1) is 13.8 Å². The van der Waals surface area contributed by atoms with E-state index in [2.05, 4.69) is 31.1 Å². The van der Waals surface area contributed by atoms with Gasteiger partial charge in [-0.2, -0.15) is 0 Å². The van der Waals surface area contributed by atoms with Gasteiger partial charge in [-0.05, 0) is 22.9 Å². The number of hydrogen-bond donors (Lipinski definition) is 0. The van der Waals surface area contributed by atoms with Crippen LogP contribution in [-0.4, -0.2) is 15.2 Å². The minimum Gasteiger partial charge on any atom is -0.438 e. The van der Waals surface area contributed by atoms with Crippen molar-refractivity contribution >= 4 is 27.3 Å². The van der Waals surface area contributed by atoms with Gasteiger partial charge in [-0.3, -0.25) is 0 Å². The molecule has 0 aliphatic rings. The van der Waals surface area contributed by atoms with Crippen LogP contribution in [0.4, 0.5) is 0 Å². The van der Waals surface area contributed by atoms with Gasteiger partial charge in [0.05, 0.1) is 5.69 Å².